The van der Waals surface area contributed by atoms with E-state index in [0.717, 1.165) is 45.2 Å². The molecule has 2 heterocycles. The van der Waals surface area contributed by atoms with Gasteiger partial charge in [-0.3, -0.25) is 0 Å². The van der Waals surface area contributed by atoms with E-state index >= 15 is 0 Å². The fourth-order valence-electron chi connectivity index (χ4n) is 5.47. The molecule has 0 amide bonds. The van der Waals surface area contributed by atoms with E-state index in [0.29, 0.717) is 42.8 Å². The first-order valence-electron chi connectivity index (χ1n) is 12.9. The highest BCUT2D eigenvalue weighted by molar-refractivity contribution is 5.45. The number of rotatable bonds is 7. The number of hydrogen-bond donors (Lipinski definition) is 2. The Kier molecular flexibility index (Phi) is 8.57. The van der Waals surface area contributed by atoms with Crippen molar-refractivity contribution in [3.05, 3.63) is 0 Å². The fourth-order valence-corrected chi connectivity index (χ4v) is 5.47. The van der Waals surface area contributed by atoms with Crippen LogP contribution in [-0.4, -0.2) is 84.5 Å². The van der Waals surface area contributed by atoms with Gasteiger partial charge in [0.25, 0.3) is 0 Å². The SMILES string of the molecule is COC1CCC(Nc2nc(NC3CCCCCC3)nc(N(C)C3CCN(C)CC3)n2)CC1F. The van der Waals surface area contributed by atoms with E-state index in [1.54, 1.807) is 7.11 Å². The van der Waals surface area contributed by atoms with Gasteiger partial charge in [-0.05, 0) is 58.7 Å². The van der Waals surface area contributed by atoms with E-state index in [2.05, 4.69) is 34.5 Å². The molecule has 3 aliphatic rings. The lowest BCUT2D eigenvalue weighted by Crippen LogP contribution is -2.43. The summed E-state index contributed by atoms with van der Waals surface area (Å²) >= 11 is 0. The maximum Gasteiger partial charge on any atom is 0.231 e. The molecule has 1 aliphatic heterocycles. The van der Waals surface area contributed by atoms with E-state index in [1.807, 2.05) is 0 Å². The van der Waals surface area contributed by atoms with Gasteiger partial charge in [-0.25, -0.2) is 4.39 Å². The third-order valence-electron chi connectivity index (χ3n) is 7.71. The molecule has 1 aromatic heterocycles. The Labute approximate surface area is 198 Å². The van der Waals surface area contributed by atoms with E-state index < -0.39 is 6.17 Å². The Balaban J connectivity index is 1.50. The highest BCUT2D eigenvalue weighted by Crippen LogP contribution is 2.28. The van der Waals surface area contributed by atoms with Crippen LogP contribution in [0.15, 0.2) is 0 Å². The summed E-state index contributed by atoms with van der Waals surface area (Å²) in [4.78, 5) is 18.9. The minimum Gasteiger partial charge on any atom is -0.378 e. The molecule has 2 saturated carbocycles. The average molecular weight is 464 g/mol. The van der Waals surface area contributed by atoms with Crippen LogP contribution in [0.2, 0.25) is 0 Å². The third kappa shape index (κ3) is 6.66. The maximum absolute atomic E-state index is 14.5. The molecule has 9 heteroatoms. The van der Waals surface area contributed by atoms with Crippen molar-refractivity contribution in [3.8, 4) is 0 Å². The summed E-state index contributed by atoms with van der Waals surface area (Å²) in [7, 11) is 5.85. The molecule has 1 aromatic rings. The summed E-state index contributed by atoms with van der Waals surface area (Å²) < 4.78 is 19.7. The monoisotopic (exact) mass is 463 g/mol. The van der Waals surface area contributed by atoms with Crippen LogP contribution in [0.3, 0.4) is 0 Å². The number of nitrogens with one attached hydrogen (secondary N) is 2. The van der Waals surface area contributed by atoms with Crippen molar-refractivity contribution < 1.29 is 9.13 Å². The molecule has 0 spiro atoms. The molecule has 4 rings (SSSR count). The van der Waals surface area contributed by atoms with Crippen molar-refractivity contribution in [2.45, 2.75) is 101 Å². The van der Waals surface area contributed by atoms with Crippen LogP contribution < -0.4 is 15.5 Å². The molecule has 1 saturated heterocycles. The van der Waals surface area contributed by atoms with Gasteiger partial charge in [0, 0.05) is 38.7 Å². The molecular weight excluding hydrogens is 421 g/mol. The molecule has 3 atom stereocenters. The van der Waals surface area contributed by atoms with Gasteiger partial charge in [-0.15, -0.1) is 0 Å². The number of anilines is 3. The van der Waals surface area contributed by atoms with Gasteiger partial charge in [0.15, 0.2) is 0 Å². The van der Waals surface area contributed by atoms with Crippen molar-refractivity contribution in [1.82, 2.24) is 19.9 Å². The van der Waals surface area contributed by atoms with Crippen molar-refractivity contribution in [1.29, 1.82) is 0 Å². The molecule has 0 bridgehead atoms. The second kappa shape index (κ2) is 11.6. The minimum absolute atomic E-state index is 0.000942. The maximum atomic E-state index is 14.5. The zero-order valence-corrected chi connectivity index (χ0v) is 20.6. The molecule has 33 heavy (non-hydrogen) atoms. The van der Waals surface area contributed by atoms with E-state index in [1.165, 1.54) is 25.7 Å². The van der Waals surface area contributed by atoms with Crippen molar-refractivity contribution in [2.24, 2.45) is 0 Å². The van der Waals surface area contributed by atoms with Crippen molar-refractivity contribution in [3.63, 3.8) is 0 Å². The van der Waals surface area contributed by atoms with Crippen LogP contribution in [-0.2, 0) is 4.74 Å². The Morgan fingerprint density at radius 3 is 2.12 bits per heavy atom. The highest BCUT2D eigenvalue weighted by Gasteiger charge is 2.31. The normalized spacial score (nSPS) is 28.3. The number of halogens is 1. The van der Waals surface area contributed by atoms with E-state index in [4.69, 9.17) is 19.7 Å². The third-order valence-corrected chi connectivity index (χ3v) is 7.71. The molecule has 8 nitrogen and oxygen atoms in total. The molecule has 0 radical (unpaired) electrons. The molecule has 2 aliphatic carbocycles. The number of nitrogens with zero attached hydrogens (tertiary/aromatic N) is 5. The van der Waals surface area contributed by atoms with Crippen LogP contribution in [0, 0.1) is 0 Å². The largest absolute Gasteiger partial charge is 0.378 e. The predicted molar refractivity (Wildman–Crippen MR) is 131 cm³/mol. The van der Waals surface area contributed by atoms with Crippen LogP contribution >= 0.6 is 0 Å². The molecular formula is C24H42FN7O. The van der Waals surface area contributed by atoms with Gasteiger partial charge >= 0.3 is 0 Å². The molecule has 186 valence electrons. The topological polar surface area (TPSA) is 78.4 Å². The smallest absolute Gasteiger partial charge is 0.231 e. The highest BCUT2D eigenvalue weighted by atomic mass is 19.1. The van der Waals surface area contributed by atoms with Gasteiger partial charge in [-0.1, -0.05) is 25.7 Å². The Bertz CT molecular complexity index is 738. The molecule has 3 unspecified atom stereocenters. The quantitative estimate of drug-likeness (QED) is 0.591. The van der Waals surface area contributed by atoms with Crippen molar-refractivity contribution >= 4 is 17.8 Å². The first-order valence-corrected chi connectivity index (χ1v) is 12.9. The van der Waals surface area contributed by atoms with E-state index in [9.17, 15) is 4.39 Å². The second-order valence-electron chi connectivity index (χ2n) is 10.2. The zero-order valence-electron chi connectivity index (χ0n) is 20.6. The van der Waals surface area contributed by atoms with Gasteiger partial charge in [0.05, 0.1) is 6.10 Å². The van der Waals surface area contributed by atoms with Crippen molar-refractivity contribution in [2.75, 3.05) is 49.8 Å². The van der Waals surface area contributed by atoms with Gasteiger partial charge < -0.3 is 25.2 Å². The summed E-state index contributed by atoms with van der Waals surface area (Å²) in [5, 5.41) is 7.02. The first kappa shape index (κ1) is 24.4. The Morgan fingerprint density at radius 2 is 1.52 bits per heavy atom. The number of methoxy groups -OCH3 is 1. The van der Waals surface area contributed by atoms with Crippen LogP contribution in [0.1, 0.15) is 70.6 Å². The van der Waals surface area contributed by atoms with E-state index in [-0.39, 0.29) is 12.1 Å². The summed E-state index contributed by atoms with van der Waals surface area (Å²) in [5.74, 6) is 1.88. The average Bonchev–Trinajstić information content (AvgIpc) is 3.08. The molecule has 3 fully saturated rings. The first-order chi connectivity index (χ1) is 16.0. The lowest BCUT2D eigenvalue weighted by Gasteiger charge is -2.35. The lowest BCUT2D eigenvalue weighted by atomic mass is 9.91. The molecule has 0 aromatic carbocycles. The number of piperidine rings is 1. The van der Waals surface area contributed by atoms with Crippen LogP contribution in [0.5, 0.6) is 0 Å². The Hall–Kier alpha value is -1.74. The van der Waals surface area contributed by atoms with Gasteiger partial charge in [-0.2, -0.15) is 15.0 Å². The fraction of sp³-hybridized carbons (Fsp3) is 0.875. The standard InChI is InChI=1S/C24H42FN7O/c1-31-14-12-19(13-15-31)32(2)24-29-22(26-17-8-6-4-5-7-9-17)28-23(30-24)27-18-10-11-21(33-3)20(25)16-18/h17-21H,4-16H2,1-3H3,(H2,26,27,28,29,30). The van der Waals surface area contributed by atoms with Crippen LogP contribution in [0.4, 0.5) is 22.2 Å². The predicted octanol–water partition coefficient (Wildman–Crippen LogP) is 3.85. The number of ether oxygens (including phenoxy) is 1. The number of alkyl halides is 1. The van der Waals surface area contributed by atoms with Gasteiger partial charge in [0.2, 0.25) is 17.8 Å². The van der Waals surface area contributed by atoms with Crippen LogP contribution in [0.25, 0.3) is 0 Å². The number of aromatic nitrogens is 3. The summed E-state index contributed by atoms with van der Waals surface area (Å²) in [6.07, 6.45) is 10.3. The number of hydrogen-bond acceptors (Lipinski definition) is 8. The Morgan fingerprint density at radius 1 is 0.879 bits per heavy atom. The summed E-state index contributed by atoms with van der Waals surface area (Å²) in [6, 6.07) is 0.812. The van der Waals surface area contributed by atoms with Gasteiger partial charge in [0.1, 0.15) is 6.17 Å². The summed E-state index contributed by atoms with van der Waals surface area (Å²) in [5.41, 5.74) is 0. The molecule has 2 N–H and O–H groups in total. The lowest BCUT2D eigenvalue weighted by molar-refractivity contribution is 0.00286. The second-order valence-corrected chi connectivity index (χ2v) is 10.2. The number of likely N-dealkylation sites (tertiary alicyclic amines) is 1. The zero-order chi connectivity index (χ0) is 23.2. The minimum atomic E-state index is -0.965. The summed E-state index contributed by atoms with van der Waals surface area (Å²) in [6.45, 7) is 2.16.